The summed E-state index contributed by atoms with van der Waals surface area (Å²) in [6, 6.07) is 1.31. The molecule has 2 aliphatic heterocycles. The third-order valence-corrected chi connectivity index (χ3v) is 13.3. The van der Waals surface area contributed by atoms with Gasteiger partial charge in [-0.15, -0.1) is 18.3 Å². The minimum Gasteiger partial charge on any atom is -0.461 e. The number of esters is 1. The number of piperidine rings is 1. The quantitative estimate of drug-likeness (QED) is 0.397. The molecule has 4 bridgehead atoms. The molecular weight excluding hydrogens is 470 g/mol. The minimum absolute atomic E-state index is 0.00390. The molecule has 5 rings (SSSR count). The van der Waals surface area contributed by atoms with Crippen molar-refractivity contribution >= 4 is 23.5 Å². The largest absolute Gasteiger partial charge is 0.461 e. The maximum Gasteiger partial charge on any atom is 0.316 e. The molecule has 202 valence electrons. The van der Waals surface area contributed by atoms with Crippen LogP contribution in [0.2, 0.25) is 0 Å². The van der Waals surface area contributed by atoms with Crippen LogP contribution in [0, 0.1) is 34.0 Å². The van der Waals surface area contributed by atoms with Crippen molar-refractivity contribution in [3.05, 3.63) is 12.7 Å². The summed E-state index contributed by atoms with van der Waals surface area (Å²) < 4.78 is 6.42. The van der Waals surface area contributed by atoms with Crippen molar-refractivity contribution in [3.8, 4) is 0 Å². The normalized spacial score (nSPS) is 50.8. The van der Waals surface area contributed by atoms with Crippen molar-refractivity contribution in [2.45, 2.75) is 115 Å². The molecule has 5 nitrogen and oxygen atoms in total. The van der Waals surface area contributed by atoms with E-state index in [0.717, 1.165) is 32.1 Å². The van der Waals surface area contributed by atoms with Crippen LogP contribution in [0.5, 0.6) is 0 Å². The highest BCUT2D eigenvalue weighted by Gasteiger charge is 2.68. The van der Waals surface area contributed by atoms with Gasteiger partial charge in [-0.05, 0) is 75.7 Å². The van der Waals surface area contributed by atoms with Crippen molar-refractivity contribution in [3.63, 3.8) is 0 Å². The highest BCUT2D eigenvalue weighted by molar-refractivity contribution is 8.00. The van der Waals surface area contributed by atoms with Crippen LogP contribution in [-0.4, -0.2) is 64.1 Å². The standard InChI is InChI=1S/C30H47NO4S/c1-7-28(4)16-24(35-25(33)17-36-22-14-20-8-9-21(15-22)31(20)6)29(5)18(2)10-12-30(19(3)27(28)34)13-11-23(32)26(29)30/h7,18-22,24,26-27,34H,1,8-17H2,2-6H3/t18-,19-,20-,21+,22?,24+,26-,27-,28-,29-,30-/m1/s1. The van der Waals surface area contributed by atoms with Crippen LogP contribution in [0.25, 0.3) is 0 Å². The molecule has 2 heterocycles. The average Bonchev–Trinajstić information content (AvgIpc) is 3.28. The Morgan fingerprint density at radius 1 is 1.19 bits per heavy atom. The highest BCUT2D eigenvalue weighted by atomic mass is 32.2. The number of aliphatic hydroxyl groups is 1. The Balaban J connectivity index is 1.39. The van der Waals surface area contributed by atoms with E-state index in [1.54, 1.807) is 11.8 Å². The van der Waals surface area contributed by atoms with Crippen LogP contribution in [0.4, 0.5) is 0 Å². The predicted octanol–water partition coefficient (Wildman–Crippen LogP) is 5.25. The molecule has 36 heavy (non-hydrogen) atoms. The van der Waals surface area contributed by atoms with Crippen molar-refractivity contribution in [2.24, 2.45) is 34.0 Å². The number of aliphatic hydroxyl groups excluding tert-OH is 1. The van der Waals surface area contributed by atoms with Crippen LogP contribution in [0.15, 0.2) is 12.7 Å². The Morgan fingerprint density at radius 2 is 1.86 bits per heavy atom. The van der Waals surface area contributed by atoms with E-state index in [1.807, 2.05) is 6.08 Å². The molecule has 5 aliphatic rings. The first-order chi connectivity index (χ1) is 17.0. The van der Waals surface area contributed by atoms with Gasteiger partial charge in [-0.3, -0.25) is 9.59 Å². The molecule has 2 saturated heterocycles. The van der Waals surface area contributed by atoms with Gasteiger partial charge in [0.1, 0.15) is 11.9 Å². The molecule has 0 spiro atoms. The Morgan fingerprint density at radius 3 is 2.50 bits per heavy atom. The molecular formula is C30H47NO4S. The molecule has 0 amide bonds. The zero-order valence-electron chi connectivity index (χ0n) is 23.0. The molecule has 0 radical (unpaired) electrons. The van der Waals surface area contributed by atoms with Crippen LogP contribution >= 0.6 is 11.8 Å². The summed E-state index contributed by atoms with van der Waals surface area (Å²) in [7, 11) is 2.24. The first-order valence-electron chi connectivity index (χ1n) is 14.3. The van der Waals surface area contributed by atoms with E-state index in [2.05, 4.69) is 46.2 Å². The molecule has 0 aromatic heterocycles. The summed E-state index contributed by atoms with van der Waals surface area (Å²) in [5, 5.41) is 12.2. The number of fused-ring (bicyclic) bond motifs is 2. The number of rotatable bonds is 5. The van der Waals surface area contributed by atoms with Gasteiger partial charge in [0.2, 0.25) is 0 Å². The third kappa shape index (κ3) is 3.95. The molecule has 11 atom stereocenters. The summed E-state index contributed by atoms with van der Waals surface area (Å²) in [4.78, 5) is 29.4. The zero-order chi connectivity index (χ0) is 26.0. The number of nitrogens with zero attached hydrogens (tertiary/aromatic N) is 1. The second-order valence-electron chi connectivity index (χ2n) is 13.5. The van der Waals surface area contributed by atoms with Gasteiger partial charge in [-0.2, -0.15) is 0 Å². The monoisotopic (exact) mass is 517 g/mol. The van der Waals surface area contributed by atoms with Crippen LogP contribution in [-0.2, 0) is 14.3 Å². The molecule has 1 N–H and O–H groups in total. The van der Waals surface area contributed by atoms with E-state index in [-0.39, 0.29) is 29.1 Å². The smallest absolute Gasteiger partial charge is 0.316 e. The van der Waals surface area contributed by atoms with Gasteiger partial charge < -0.3 is 14.7 Å². The number of thioether (sulfide) groups is 1. The number of Topliss-reactive ketones (excluding diaryl/α,β-unsaturated/α-hetero) is 1. The fourth-order valence-corrected chi connectivity index (χ4v) is 10.5. The molecule has 6 heteroatoms. The molecule has 1 unspecified atom stereocenters. The molecule has 5 fully saturated rings. The van der Waals surface area contributed by atoms with Crippen molar-refractivity contribution in [2.75, 3.05) is 12.8 Å². The van der Waals surface area contributed by atoms with E-state index in [1.165, 1.54) is 12.8 Å². The molecule has 3 saturated carbocycles. The van der Waals surface area contributed by atoms with Crippen LogP contribution in [0.3, 0.4) is 0 Å². The van der Waals surface area contributed by atoms with Crippen LogP contribution in [0.1, 0.15) is 85.5 Å². The number of hydrogen-bond acceptors (Lipinski definition) is 6. The topological polar surface area (TPSA) is 66.8 Å². The lowest BCUT2D eigenvalue weighted by Crippen LogP contribution is -2.63. The van der Waals surface area contributed by atoms with E-state index in [0.29, 0.717) is 41.7 Å². The lowest BCUT2D eigenvalue weighted by molar-refractivity contribution is -0.205. The second kappa shape index (κ2) is 9.41. The second-order valence-corrected chi connectivity index (χ2v) is 14.8. The number of carbonyl (C=O) groups is 2. The maximum absolute atomic E-state index is 13.5. The molecule has 0 aromatic carbocycles. The molecule has 3 aliphatic carbocycles. The Kier molecular flexibility index (Phi) is 6.99. The van der Waals surface area contributed by atoms with Gasteiger partial charge in [0.25, 0.3) is 0 Å². The lowest BCUT2D eigenvalue weighted by atomic mass is 9.44. The van der Waals surface area contributed by atoms with Crippen molar-refractivity contribution in [1.82, 2.24) is 4.90 Å². The zero-order valence-corrected chi connectivity index (χ0v) is 23.8. The summed E-state index contributed by atoms with van der Waals surface area (Å²) in [5.41, 5.74) is -1.24. The van der Waals surface area contributed by atoms with E-state index in [9.17, 15) is 14.7 Å². The number of hydrogen-bond donors (Lipinski definition) is 1. The van der Waals surface area contributed by atoms with Gasteiger partial charge in [0.15, 0.2) is 0 Å². The third-order valence-electron chi connectivity index (χ3n) is 12.1. The lowest BCUT2D eigenvalue weighted by Gasteiger charge is -2.61. The highest BCUT2D eigenvalue weighted by Crippen LogP contribution is 2.68. The first kappa shape index (κ1) is 26.7. The van der Waals surface area contributed by atoms with Crippen molar-refractivity contribution < 1.29 is 19.4 Å². The minimum atomic E-state index is -0.619. The van der Waals surface area contributed by atoms with E-state index in [4.69, 9.17) is 4.74 Å². The summed E-state index contributed by atoms with van der Waals surface area (Å²) in [5.74, 6) is 0.605. The fraction of sp³-hybridized carbons (Fsp3) is 0.867. The maximum atomic E-state index is 13.5. The molecule has 0 aromatic rings. The van der Waals surface area contributed by atoms with Gasteiger partial charge in [-0.1, -0.05) is 33.8 Å². The summed E-state index contributed by atoms with van der Waals surface area (Å²) >= 11 is 1.76. The van der Waals surface area contributed by atoms with E-state index >= 15 is 0 Å². The van der Waals surface area contributed by atoms with Crippen molar-refractivity contribution in [1.29, 1.82) is 0 Å². The first-order valence-corrected chi connectivity index (χ1v) is 15.4. The average molecular weight is 518 g/mol. The summed E-state index contributed by atoms with van der Waals surface area (Å²) in [6.45, 7) is 12.8. The number of ketones is 1. The Bertz CT molecular complexity index is 895. The Labute approximate surface area is 222 Å². The van der Waals surface area contributed by atoms with Gasteiger partial charge in [0.05, 0.1) is 11.9 Å². The van der Waals surface area contributed by atoms with Gasteiger partial charge in [0, 0.05) is 40.5 Å². The van der Waals surface area contributed by atoms with Gasteiger partial charge in [-0.25, -0.2) is 0 Å². The SMILES string of the molecule is C=C[C@]1(C)C[C@H](OC(=O)CSC2C[C@H]3CC[C@@H](C2)N3C)[C@@]2(C)[C@H](C)CC[C@@]3(CCC(=O)[C@@H]32)[C@H](C)[C@H]1O. The predicted molar refractivity (Wildman–Crippen MR) is 145 cm³/mol. The summed E-state index contributed by atoms with van der Waals surface area (Å²) in [6.07, 6.45) is 9.58. The fourth-order valence-electron chi connectivity index (χ4n) is 9.38. The van der Waals surface area contributed by atoms with E-state index < -0.39 is 23.0 Å². The van der Waals surface area contributed by atoms with Crippen LogP contribution < -0.4 is 0 Å². The van der Waals surface area contributed by atoms with Gasteiger partial charge >= 0.3 is 5.97 Å². The Hall–Kier alpha value is -0.850. The number of carbonyl (C=O) groups excluding carboxylic acids is 2. The number of ether oxygens (including phenoxy) is 1.